The maximum Gasteiger partial charge on any atom is -0.00431 e. The van der Waals surface area contributed by atoms with Gasteiger partial charge in [-0.25, -0.2) is 0 Å². The van der Waals surface area contributed by atoms with E-state index in [1.165, 1.54) is 24.0 Å². The molecular weight excluding hydrogens is 182 g/mol. The minimum absolute atomic E-state index is 0.755. The second-order valence-electron chi connectivity index (χ2n) is 4.43. The fraction of sp³-hybridized carbons (Fsp3) is 0.429. The van der Waals surface area contributed by atoms with Crippen LogP contribution >= 0.6 is 0 Å². The highest BCUT2D eigenvalue weighted by molar-refractivity contribution is 5.61. The molecule has 0 spiro atoms. The van der Waals surface area contributed by atoms with Gasteiger partial charge in [0.2, 0.25) is 0 Å². The molecule has 0 unspecified atom stereocenters. The van der Waals surface area contributed by atoms with E-state index < -0.39 is 0 Å². The lowest BCUT2D eigenvalue weighted by Gasteiger charge is -2.23. The standard InChI is InChI=1S/C14H19N/c1-11(2)12-3-5-13(6-4-12)14-7-9-15-10-8-14/h3-6,14-15H,1,7-10H2,2H3. The van der Waals surface area contributed by atoms with Crippen LogP contribution in [0.1, 0.15) is 36.8 Å². The van der Waals surface area contributed by atoms with Gasteiger partial charge in [0.05, 0.1) is 0 Å². The Morgan fingerprint density at radius 3 is 2.33 bits per heavy atom. The van der Waals surface area contributed by atoms with E-state index in [-0.39, 0.29) is 0 Å². The summed E-state index contributed by atoms with van der Waals surface area (Å²) >= 11 is 0. The molecule has 1 aliphatic heterocycles. The highest BCUT2D eigenvalue weighted by Gasteiger charge is 2.14. The smallest absolute Gasteiger partial charge is 0.00431 e. The van der Waals surface area contributed by atoms with Gasteiger partial charge >= 0.3 is 0 Å². The molecule has 1 aliphatic rings. The summed E-state index contributed by atoms with van der Waals surface area (Å²) in [4.78, 5) is 0. The van der Waals surface area contributed by atoms with Crippen molar-refractivity contribution in [2.45, 2.75) is 25.7 Å². The van der Waals surface area contributed by atoms with Crippen LogP contribution in [-0.4, -0.2) is 13.1 Å². The highest BCUT2D eigenvalue weighted by atomic mass is 14.9. The Labute approximate surface area is 92.2 Å². The summed E-state index contributed by atoms with van der Waals surface area (Å²) in [6.45, 7) is 8.33. The number of allylic oxidation sites excluding steroid dienone is 1. The zero-order chi connectivity index (χ0) is 10.7. The van der Waals surface area contributed by atoms with Crippen molar-refractivity contribution in [1.82, 2.24) is 5.32 Å². The SMILES string of the molecule is C=C(C)c1ccc(C2CCNCC2)cc1. The maximum absolute atomic E-state index is 3.96. The molecule has 80 valence electrons. The van der Waals surface area contributed by atoms with Crippen molar-refractivity contribution < 1.29 is 0 Å². The largest absolute Gasteiger partial charge is 0.317 e. The number of piperidine rings is 1. The first-order valence-electron chi connectivity index (χ1n) is 5.74. The summed E-state index contributed by atoms with van der Waals surface area (Å²) in [5.74, 6) is 0.755. The van der Waals surface area contributed by atoms with Crippen LogP contribution in [0.2, 0.25) is 0 Å². The molecule has 1 saturated heterocycles. The number of hydrogen-bond acceptors (Lipinski definition) is 1. The number of benzene rings is 1. The van der Waals surface area contributed by atoms with E-state index in [9.17, 15) is 0 Å². The van der Waals surface area contributed by atoms with Crippen LogP contribution < -0.4 is 5.32 Å². The third kappa shape index (κ3) is 2.48. The van der Waals surface area contributed by atoms with Crippen molar-refractivity contribution in [2.75, 3.05) is 13.1 Å². The van der Waals surface area contributed by atoms with E-state index in [1.54, 1.807) is 0 Å². The van der Waals surface area contributed by atoms with Crippen molar-refractivity contribution in [1.29, 1.82) is 0 Å². The second kappa shape index (κ2) is 4.63. The normalized spacial score (nSPS) is 17.7. The summed E-state index contributed by atoms with van der Waals surface area (Å²) in [5, 5.41) is 3.40. The van der Waals surface area contributed by atoms with Gasteiger partial charge in [-0.2, -0.15) is 0 Å². The van der Waals surface area contributed by atoms with Crippen LogP contribution in [0.5, 0.6) is 0 Å². The lowest BCUT2D eigenvalue weighted by molar-refractivity contribution is 0.460. The number of rotatable bonds is 2. The first-order valence-corrected chi connectivity index (χ1v) is 5.74. The van der Waals surface area contributed by atoms with Crippen LogP contribution in [-0.2, 0) is 0 Å². The van der Waals surface area contributed by atoms with E-state index in [0.29, 0.717) is 0 Å². The fourth-order valence-corrected chi connectivity index (χ4v) is 2.20. The zero-order valence-corrected chi connectivity index (χ0v) is 9.42. The average Bonchev–Trinajstić information content (AvgIpc) is 2.30. The van der Waals surface area contributed by atoms with Crippen LogP contribution in [0, 0.1) is 0 Å². The minimum Gasteiger partial charge on any atom is -0.317 e. The van der Waals surface area contributed by atoms with Gasteiger partial charge in [-0.05, 0) is 49.9 Å². The van der Waals surface area contributed by atoms with Crippen molar-refractivity contribution in [2.24, 2.45) is 0 Å². The molecule has 2 rings (SSSR count). The molecule has 1 aromatic carbocycles. The number of nitrogens with one attached hydrogen (secondary N) is 1. The lowest BCUT2D eigenvalue weighted by Crippen LogP contribution is -2.26. The van der Waals surface area contributed by atoms with Gasteiger partial charge in [-0.15, -0.1) is 0 Å². The maximum atomic E-state index is 3.96. The molecule has 1 fully saturated rings. The first-order chi connectivity index (χ1) is 7.27. The van der Waals surface area contributed by atoms with E-state index in [0.717, 1.165) is 24.6 Å². The zero-order valence-electron chi connectivity index (χ0n) is 9.42. The van der Waals surface area contributed by atoms with Crippen molar-refractivity contribution in [3.8, 4) is 0 Å². The predicted molar refractivity (Wildman–Crippen MR) is 66.0 cm³/mol. The highest BCUT2D eigenvalue weighted by Crippen LogP contribution is 2.26. The van der Waals surface area contributed by atoms with Crippen molar-refractivity contribution >= 4 is 5.57 Å². The molecule has 1 N–H and O–H groups in total. The number of hydrogen-bond donors (Lipinski definition) is 1. The van der Waals surface area contributed by atoms with E-state index in [1.807, 2.05) is 0 Å². The van der Waals surface area contributed by atoms with E-state index in [4.69, 9.17) is 0 Å². The summed E-state index contributed by atoms with van der Waals surface area (Å²) < 4.78 is 0. The molecule has 0 aliphatic carbocycles. The molecule has 1 heteroatoms. The van der Waals surface area contributed by atoms with E-state index in [2.05, 4.69) is 43.1 Å². The Kier molecular flexibility index (Phi) is 3.22. The van der Waals surface area contributed by atoms with E-state index >= 15 is 0 Å². The Hall–Kier alpha value is -1.08. The predicted octanol–water partition coefficient (Wildman–Crippen LogP) is 3.19. The summed E-state index contributed by atoms with van der Waals surface area (Å²) in [7, 11) is 0. The minimum atomic E-state index is 0.755. The second-order valence-corrected chi connectivity index (χ2v) is 4.43. The molecule has 0 radical (unpaired) electrons. The third-order valence-corrected chi connectivity index (χ3v) is 3.21. The topological polar surface area (TPSA) is 12.0 Å². The molecule has 0 saturated carbocycles. The molecule has 15 heavy (non-hydrogen) atoms. The fourth-order valence-electron chi connectivity index (χ4n) is 2.20. The first kappa shape index (κ1) is 10.4. The Bertz CT molecular complexity index is 331. The van der Waals surface area contributed by atoms with Gasteiger partial charge in [-0.3, -0.25) is 0 Å². The van der Waals surface area contributed by atoms with Gasteiger partial charge in [-0.1, -0.05) is 36.4 Å². The average molecular weight is 201 g/mol. The lowest BCUT2D eigenvalue weighted by atomic mass is 9.89. The van der Waals surface area contributed by atoms with Crippen molar-refractivity contribution in [3.05, 3.63) is 42.0 Å². The monoisotopic (exact) mass is 201 g/mol. The Balaban J connectivity index is 2.11. The van der Waals surface area contributed by atoms with Crippen molar-refractivity contribution in [3.63, 3.8) is 0 Å². The molecule has 0 bridgehead atoms. The summed E-state index contributed by atoms with van der Waals surface area (Å²) in [6.07, 6.45) is 2.54. The molecule has 0 atom stereocenters. The summed E-state index contributed by atoms with van der Waals surface area (Å²) in [6, 6.07) is 8.92. The Morgan fingerprint density at radius 2 is 1.80 bits per heavy atom. The molecule has 1 aromatic rings. The van der Waals surface area contributed by atoms with Crippen LogP contribution in [0.4, 0.5) is 0 Å². The molecule has 0 amide bonds. The summed E-state index contributed by atoms with van der Waals surface area (Å²) in [5.41, 5.74) is 3.89. The van der Waals surface area contributed by atoms with Gasteiger partial charge in [0.25, 0.3) is 0 Å². The third-order valence-electron chi connectivity index (χ3n) is 3.21. The molecular formula is C14H19N. The molecule has 1 heterocycles. The van der Waals surface area contributed by atoms with Crippen LogP contribution in [0.25, 0.3) is 5.57 Å². The quantitative estimate of drug-likeness (QED) is 0.775. The van der Waals surface area contributed by atoms with Gasteiger partial charge in [0.1, 0.15) is 0 Å². The van der Waals surface area contributed by atoms with Crippen LogP contribution in [0.15, 0.2) is 30.8 Å². The molecule has 0 aromatic heterocycles. The van der Waals surface area contributed by atoms with Gasteiger partial charge in [0, 0.05) is 0 Å². The molecule has 1 nitrogen and oxygen atoms in total. The Morgan fingerprint density at radius 1 is 1.20 bits per heavy atom. The van der Waals surface area contributed by atoms with Gasteiger partial charge in [0.15, 0.2) is 0 Å². The van der Waals surface area contributed by atoms with Crippen LogP contribution in [0.3, 0.4) is 0 Å². The van der Waals surface area contributed by atoms with Gasteiger partial charge < -0.3 is 5.32 Å².